The zero-order valence-electron chi connectivity index (χ0n) is 12.1. The summed E-state index contributed by atoms with van der Waals surface area (Å²) in [7, 11) is 0. The lowest BCUT2D eigenvalue weighted by molar-refractivity contribution is -0.126. The Morgan fingerprint density at radius 2 is 2.11 bits per heavy atom. The molecule has 1 heterocycles. The Hall–Kier alpha value is -1.58. The summed E-state index contributed by atoms with van der Waals surface area (Å²) < 4.78 is 0. The summed E-state index contributed by atoms with van der Waals surface area (Å²) in [6, 6.07) is 0.0193. The number of amides is 2. The maximum Gasteiger partial charge on any atom is 0.246 e. The minimum atomic E-state index is -0.104. The molecule has 106 valence electrons. The Balaban J connectivity index is 2.49. The fourth-order valence-corrected chi connectivity index (χ4v) is 1.99. The van der Waals surface area contributed by atoms with E-state index in [9.17, 15) is 9.59 Å². The van der Waals surface area contributed by atoms with E-state index in [-0.39, 0.29) is 23.3 Å². The van der Waals surface area contributed by atoms with E-state index in [4.69, 9.17) is 0 Å². The van der Waals surface area contributed by atoms with E-state index in [1.807, 2.05) is 6.08 Å². The first-order chi connectivity index (χ1) is 8.83. The topological polar surface area (TPSA) is 49.4 Å². The maximum absolute atomic E-state index is 11.7. The SMILES string of the molecule is C=CC(=O)N1CCCC1C=CC(=O)NCC(C)(C)C. The van der Waals surface area contributed by atoms with E-state index in [1.54, 1.807) is 4.90 Å². The number of likely N-dealkylation sites (tertiary alicyclic amines) is 1. The molecule has 4 heteroatoms. The van der Waals surface area contributed by atoms with Crippen LogP contribution in [0.3, 0.4) is 0 Å². The van der Waals surface area contributed by atoms with Gasteiger partial charge in [0, 0.05) is 19.2 Å². The number of carbonyl (C=O) groups excluding carboxylic acids is 2. The summed E-state index contributed by atoms with van der Waals surface area (Å²) in [5, 5.41) is 2.86. The van der Waals surface area contributed by atoms with Crippen LogP contribution >= 0.6 is 0 Å². The Morgan fingerprint density at radius 1 is 1.42 bits per heavy atom. The molecule has 1 unspecified atom stereocenters. The minimum absolute atomic E-state index is 0.0193. The van der Waals surface area contributed by atoms with E-state index in [2.05, 4.69) is 32.7 Å². The highest BCUT2D eigenvalue weighted by Crippen LogP contribution is 2.18. The zero-order chi connectivity index (χ0) is 14.5. The van der Waals surface area contributed by atoms with Gasteiger partial charge in [0.1, 0.15) is 0 Å². The van der Waals surface area contributed by atoms with Gasteiger partial charge in [0.05, 0.1) is 6.04 Å². The highest BCUT2D eigenvalue weighted by molar-refractivity contribution is 5.89. The molecule has 0 aliphatic carbocycles. The lowest BCUT2D eigenvalue weighted by Crippen LogP contribution is -2.34. The van der Waals surface area contributed by atoms with Crippen LogP contribution < -0.4 is 5.32 Å². The number of hydrogen-bond acceptors (Lipinski definition) is 2. The van der Waals surface area contributed by atoms with Gasteiger partial charge in [0.25, 0.3) is 0 Å². The summed E-state index contributed by atoms with van der Waals surface area (Å²) in [6.07, 6.45) is 6.55. The molecule has 0 radical (unpaired) electrons. The van der Waals surface area contributed by atoms with Crippen LogP contribution in [0.1, 0.15) is 33.6 Å². The van der Waals surface area contributed by atoms with Crippen LogP contribution in [-0.2, 0) is 9.59 Å². The molecular weight excluding hydrogens is 240 g/mol. The molecule has 0 bridgehead atoms. The van der Waals surface area contributed by atoms with Gasteiger partial charge in [-0.15, -0.1) is 0 Å². The third-order valence-electron chi connectivity index (χ3n) is 3.02. The smallest absolute Gasteiger partial charge is 0.246 e. The predicted octanol–water partition coefficient (Wildman–Crippen LogP) is 1.88. The maximum atomic E-state index is 11.7. The average molecular weight is 264 g/mol. The molecule has 1 rings (SSSR count). The summed E-state index contributed by atoms with van der Waals surface area (Å²) >= 11 is 0. The van der Waals surface area contributed by atoms with Crippen molar-refractivity contribution in [2.45, 2.75) is 39.7 Å². The quantitative estimate of drug-likeness (QED) is 0.788. The highest BCUT2D eigenvalue weighted by Gasteiger charge is 2.25. The number of rotatable bonds is 4. The molecule has 4 nitrogen and oxygen atoms in total. The number of nitrogens with zero attached hydrogens (tertiary/aromatic N) is 1. The Bertz CT molecular complexity index is 380. The molecule has 2 amide bonds. The summed E-state index contributed by atoms with van der Waals surface area (Å²) in [5.41, 5.74) is 0.0711. The monoisotopic (exact) mass is 264 g/mol. The van der Waals surface area contributed by atoms with Crippen LogP contribution in [0.25, 0.3) is 0 Å². The molecule has 0 spiro atoms. The molecule has 1 aliphatic heterocycles. The third kappa shape index (κ3) is 5.28. The van der Waals surface area contributed by atoms with Crippen LogP contribution in [0.2, 0.25) is 0 Å². The highest BCUT2D eigenvalue weighted by atomic mass is 16.2. The predicted molar refractivity (Wildman–Crippen MR) is 76.5 cm³/mol. The first-order valence-electron chi connectivity index (χ1n) is 6.72. The van der Waals surface area contributed by atoms with E-state index in [1.165, 1.54) is 12.2 Å². The van der Waals surface area contributed by atoms with E-state index in [0.29, 0.717) is 6.54 Å². The van der Waals surface area contributed by atoms with Gasteiger partial charge in [-0.05, 0) is 24.3 Å². The molecule has 1 fully saturated rings. The van der Waals surface area contributed by atoms with E-state index in [0.717, 1.165) is 19.4 Å². The van der Waals surface area contributed by atoms with Gasteiger partial charge in [-0.1, -0.05) is 33.4 Å². The second-order valence-electron chi connectivity index (χ2n) is 6.08. The first-order valence-corrected chi connectivity index (χ1v) is 6.72. The minimum Gasteiger partial charge on any atom is -0.352 e. The number of nitrogens with one attached hydrogen (secondary N) is 1. The van der Waals surface area contributed by atoms with E-state index >= 15 is 0 Å². The largest absolute Gasteiger partial charge is 0.352 e. The van der Waals surface area contributed by atoms with Crippen LogP contribution in [0, 0.1) is 5.41 Å². The van der Waals surface area contributed by atoms with Crippen molar-refractivity contribution >= 4 is 11.8 Å². The molecule has 19 heavy (non-hydrogen) atoms. The Labute approximate surface area is 115 Å². The zero-order valence-corrected chi connectivity index (χ0v) is 12.1. The van der Waals surface area contributed by atoms with Crippen molar-refractivity contribution in [2.24, 2.45) is 5.41 Å². The van der Waals surface area contributed by atoms with Crippen molar-refractivity contribution in [3.8, 4) is 0 Å². The fraction of sp³-hybridized carbons (Fsp3) is 0.600. The van der Waals surface area contributed by atoms with Crippen molar-refractivity contribution in [3.63, 3.8) is 0 Å². The van der Waals surface area contributed by atoms with Crippen LogP contribution in [0.4, 0.5) is 0 Å². The van der Waals surface area contributed by atoms with Gasteiger partial charge in [-0.2, -0.15) is 0 Å². The normalized spacial score (nSPS) is 19.7. The molecule has 0 aromatic rings. The average Bonchev–Trinajstić information content (AvgIpc) is 2.80. The van der Waals surface area contributed by atoms with Gasteiger partial charge in [-0.3, -0.25) is 9.59 Å². The van der Waals surface area contributed by atoms with Gasteiger partial charge in [-0.25, -0.2) is 0 Å². The Morgan fingerprint density at radius 3 is 2.68 bits per heavy atom. The standard InChI is InChI=1S/C15H24N2O2/c1-5-14(19)17-10-6-7-12(17)8-9-13(18)16-11-15(2,3)4/h5,8-9,12H,1,6-7,10-11H2,2-4H3,(H,16,18). The van der Waals surface area contributed by atoms with Gasteiger partial charge >= 0.3 is 0 Å². The van der Waals surface area contributed by atoms with Crippen molar-refractivity contribution in [3.05, 3.63) is 24.8 Å². The van der Waals surface area contributed by atoms with Crippen molar-refractivity contribution in [1.82, 2.24) is 10.2 Å². The lowest BCUT2D eigenvalue weighted by Gasteiger charge is -2.20. The van der Waals surface area contributed by atoms with Gasteiger partial charge in [0.15, 0.2) is 0 Å². The molecule has 1 atom stereocenters. The van der Waals surface area contributed by atoms with Crippen molar-refractivity contribution in [1.29, 1.82) is 0 Å². The molecule has 0 aromatic carbocycles. The summed E-state index contributed by atoms with van der Waals surface area (Å²) in [6.45, 7) is 11.1. The molecule has 1 saturated heterocycles. The molecule has 0 aromatic heterocycles. The molecule has 0 saturated carbocycles. The second-order valence-corrected chi connectivity index (χ2v) is 6.08. The summed E-state index contributed by atoms with van der Waals surface area (Å²) in [4.78, 5) is 25.0. The third-order valence-corrected chi connectivity index (χ3v) is 3.02. The van der Waals surface area contributed by atoms with Crippen LogP contribution in [0.5, 0.6) is 0 Å². The van der Waals surface area contributed by atoms with Gasteiger partial charge < -0.3 is 10.2 Å². The lowest BCUT2D eigenvalue weighted by atomic mass is 9.97. The van der Waals surface area contributed by atoms with Crippen molar-refractivity contribution in [2.75, 3.05) is 13.1 Å². The fourth-order valence-electron chi connectivity index (χ4n) is 1.99. The summed E-state index contributed by atoms with van der Waals surface area (Å²) in [5.74, 6) is -0.171. The van der Waals surface area contributed by atoms with Gasteiger partial charge in [0.2, 0.25) is 11.8 Å². The van der Waals surface area contributed by atoms with E-state index < -0.39 is 0 Å². The van der Waals surface area contributed by atoms with Crippen LogP contribution in [0.15, 0.2) is 24.8 Å². The molecular formula is C15H24N2O2. The molecule has 1 aliphatic rings. The second kappa shape index (κ2) is 6.55. The number of hydrogen-bond donors (Lipinski definition) is 1. The molecule has 1 N–H and O–H groups in total. The Kier molecular flexibility index (Phi) is 5.33. The first kappa shape index (κ1) is 15.5. The number of carbonyl (C=O) groups is 2. The van der Waals surface area contributed by atoms with Crippen LogP contribution in [-0.4, -0.2) is 35.8 Å². The van der Waals surface area contributed by atoms with Crippen molar-refractivity contribution < 1.29 is 9.59 Å².